The van der Waals surface area contributed by atoms with Crippen LogP contribution >= 0.6 is 0 Å². The van der Waals surface area contributed by atoms with Crippen molar-refractivity contribution in [3.05, 3.63) is 86.1 Å². The number of hydrogen-bond acceptors (Lipinski definition) is 5. The number of rotatable bonds is 8. The quantitative estimate of drug-likeness (QED) is 0.229. The van der Waals surface area contributed by atoms with Crippen molar-refractivity contribution in [2.24, 2.45) is 0 Å². The van der Waals surface area contributed by atoms with Crippen molar-refractivity contribution < 1.29 is 45.8 Å². The predicted molar refractivity (Wildman–Crippen MR) is 182 cm³/mol. The molecular formula is C38H43F6N3O5. The number of hydrogen-bond donors (Lipinski definition) is 2. The first-order valence-corrected chi connectivity index (χ1v) is 17.5. The summed E-state index contributed by atoms with van der Waals surface area (Å²) in [5, 5.41) is 12.5. The molecule has 5 rings (SSSR count). The third kappa shape index (κ3) is 8.99. The number of amides is 1. The highest BCUT2D eigenvalue weighted by Gasteiger charge is 2.37. The van der Waals surface area contributed by atoms with Gasteiger partial charge in [0.15, 0.2) is 11.6 Å². The lowest BCUT2D eigenvalue weighted by atomic mass is 9.90. The van der Waals surface area contributed by atoms with Gasteiger partial charge in [0.05, 0.1) is 24.6 Å². The SMILES string of the molecule is Cc1cc(F)c(F)c2c1-c1cc(C3CC3)c(F)c(c1)[C@H](CC(=O)O)NC(=O)[C@@H](n1cc(CCCN(C)C)c(C(F)(F)F)cc1=O)CCCCCCO2. The van der Waals surface area contributed by atoms with Gasteiger partial charge in [-0.2, -0.15) is 17.6 Å². The zero-order chi connectivity index (χ0) is 37.9. The van der Waals surface area contributed by atoms with Crippen LogP contribution in [0.15, 0.2) is 35.3 Å². The monoisotopic (exact) mass is 735 g/mol. The van der Waals surface area contributed by atoms with Crippen molar-refractivity contribution in [3.63, 3.8) is 0 Å². The second-order valence-corrected chi connectivity index (χ2v) is 14.0. The average molecular weight is 736 g/mol. The van der Waals surface area contributed by atoms with Crippen LogP contribution in [0.3, 0.4) is 0 Å². The molecule has 0 radical (unpaired) electrons. The molecule has 2 atom stereocenters. The topological polar surface area (TPSA) is 101 Å². The first kappa shape index (κ1) is 38.9. The Morgan fingerprint density at radius 1 is 0.981 bits per heavy atom. The molecule has 0 saturated heterocycles. The normalized spacial score (nSPS) is 18.8. The maximum atomic E-state index is 16.4. The lowest BCUT2D eigenvalue weighted by molar-refractivity contribution is -0.139. The summed E-state index contributed by atoms with van der Waals surface area (Å²) in [4.78, 5) is 41.5. The van der Waals surface area contributed by atoms with E-state index in [1.165, 1.54) is 12.1 Å². The van der Waals surface area contributed by atoms with E-state index in [2.05, 4.69) is 5.32 Å². The van der Waals surface area contributed by atoms with E-state index in [1.807, 2.05) is 4.90 Å². The highest BCUT2D eigenvalue weighted by atomic mass is 19.4. The van der Waals surface area contributed by atoms with Crippen LogP contribution in [0.25, 0.3) is 11.1 Å². The van der Waals surface area contributed by atoms with Crippen molar-refractivity contribution in [2.75, 3.05) is 27.2 Å². The summed E-state index contributed by atoms with van der Waals surface area (Å²) >= 11 is 0. The number of carbonyl (C=O) groups is 2. The molecule has 1 aliphatic heterocycles. The summed E-state index contributed by atoms with van der Waals surface area (Å²) in [7, 11) is 3.55. The summed E-state index contributed by atoms with van der Waals surface area (Å²) < 4.78 is 95.4. The molecule has 3 aromatic rings. The van der Waals surface area contributed by atoms with Crippen LogP contribution in [0.2, 0.25) is 0 Å². The van der Waals surface area contributed by atoms with Crippen LogP contribution < -0.4 is 15.6 Å². The Morgan fingerprint density at radius 2 is 1.67 bits per heavy atom. The molecule has 2 heterocycles. The number of fused-ring (bicyclic) bond motifs is 4. The van der Waals surface area contributed by atoms with E-state index in [0.717, 1.165) is 16.8 Å². The van der Waals surface area contributed by atoms with Gasteiger partial charge in [0.2, 0.25) is 11.7 Å². The number of aromatic nitrogens is 1. The van der Waals surface area contributed by atoms with Gasteiger partial charge in [-0.1, -0.05) is 19.3 Å². The molecule has 14 heteroatoms. The van der Waals surface area contributed by atoms with Crippen LogP contribution in [0.5, 0.6) is 5.75 Å². The summed E-state index contributed by atoms with van der Waals surface area (Å²) in [5.74, 6) is -5.97. The summed E-state index contributed by atoms with van der Waals surface area (Å²) in [6, 6.07) is 1.42. The average Bonchev–Trinajstić information content (AvgIpc) is 3.90. The van der Waals surface area contributed by atoms with E-state index >= 15 is 8.78 Å². The number of pyridine rings is 1. The maximum absolute atomic E-state index is 16.4. The lowest BCUT2D eigenvalue weighted by Crippen LogP contribution is -2.40. The van der Waals surface area contributed by atoms with Crippen molar-refractivity contribution in [1.82, 2.24) is 14.8 Å². The Balaban J connectivity index is 1.65. The van der Waals surface area contributed by atoms with Crippen LogP contribution in [-0.2, 0) is 22.2 Å². The second kappa shape index (κ2) is 16.1. The maximum Gasteiger partial charge on any atom is 0.416 e. The Labute approximate surface area is 297 Å². The lowest BCUT2D eigenvalue weighted by Gasteiger charge is -2.26. The molecule has 0 spiro atoms. The molecule has 2 aliphatic rings. The Bertz CT molecular complexity index is 1870. The van der Waals surface area contributed by atoms with E-state index in [0.29, 0.717) is 57.6 Å². The number of carbonyl (C=O) groups excluding carboxylic acids is 1. The van der Waals surface area contributed by atoms with Crippen molar-refractivity contribution in [3.8, 4) is 16.9 Å². The molecular weight excluding hydrogens is 692 g/mol. The zero-order valence-corrected chi connectivity index (χ0v) is 29.3. The van der Waals surface area contributed by atoms with Crippen molar-refractivity contribution in [1.29, 1.82) is 0 Å². The van der Waals surface area contributed by atoms with E-state index in [4.69, 9.17) is 4.74 Å². The van der Waals surface area contributed by atoms with Gasteiger partial charge in [0.1, 0.15) is 11.9 Å². The molecule has 1 saturated carbocycles. The molecule has 1 fully saturated rings. The van der Waals surface area contributed by atoms with E-state index in [1.54, 1.807) is 21.0 Å². The molecule has 2 N–H and O–H groups in total. The number of benzene rings is 2. The van der Waals surface area contributed by atoms with E-state index < -0.39 is 65.1 Å². The van der Waals surface area contributed by atoms with Crippen LogP contribution in [0.4, 0.5) is 26.3 Å². The highest BCUT2D eigenvalue weighted by molar-refractivity contribution is 5.82. The third-order valence-corrected chi connectivity index (χ3v) is 9.66. The fraction of sp³-hybridized carbons (Fsp3) is 0.500. The number of aliphatic carboxylic acids is 1. The molecule has 0 unspecified atom stereocenters. The minimum absolute atomic E-state index is 0.00340. The van der Waals surface area contributed by atoms with Gasteiger partial charge in [-0.25, -0.2) is 8.78 Å². The largest absolute Gasteiger partial charge is 0.490 e. The molecule has 52 heavy (non-hydrogen) atoms. The Hall–Kier alpha value is -4.33. The van der Waals surface area contributed by atoms with Gasteiger partial charge >= 0.3 is 12.1 Å². The standard InChI is InChI=1S/C38H43F6N3O5/c1-21-15-28(39)35(41)36-33(21)24-16-25(22-11-12-22)34(40)26(17-24)29(19-32(49)50)45-37(51)30(10-6-4-5-7-14-52-36)47-20-23(9-8-13-46(2)3)27(18-31(47)48)38(42,43)44/h15-18,20,22,29-30H,4-14,19H2,1-3H3,(H,45,51)(H,49,50)/t29-,30-/m0/s1. The van der Waals surface area contributed by atoms with Crippen molar-refractivity contribution in [2.45, 2.75) is 95.3 Å². The molecule has 1 aliphatic carbocycles. The van der Waals surface area contributed by atoms with Gasteiger partial charge in [-0.15, -0.1) is 0 Å². The summed E-state index contributed by atoms with van der Waals surface area (Å²) in [5.41, 5.74) is -1.65. The molecule has 8 nitrogen and oxygen atoms in total. The molecule has 2 bridgehead atoms. The first-order valence-electron chi connectivity index (χ1n) is 17.5. The van der Waals surface area contributed by atoms with E-state index in [9.17, 15) is 37.1 Å². The second-order valence-electron chi connectivity index (χ2n) is 14.0. The number of ether oxygens (including phenoxy) is 1. The molecule has 1 aromatic heterocycles. The third-order valence-electron chi connectivity index (χ3n) is 9.66. The number of carboxylic acids is 1. The number of nitrogens with zero attached hydrogens (tertiary/aromatic N) is 2. The van der Waals surface area contributed by atoms with Crippen LogP contribution in [-0.4, -0.2) is 53.7 Å². The minimum Gasteiger partial charge on any atom is -0.490 e. The smallest absolute Gasteiger partial charge is 0.416 e. The number of alkyl halides is 3. The predicted octanol–water partition coefficient (Wildman–Crippen LogP) is 7.85. The van der Waals surface area contributed by atoms with Gasteiger partial charge < -0.3 is 24.6 Å². The number of halogens is 6. The fourth-order valence-corrected chi connectivity index (χ4v) is 6.91. The number of aryl methyl sites for hydroxylation is 2. The van der Waals surface area contributed by atoms with E-state index in [-0.39, 0.29) is 64.5 Å². The van der Waals surface area contributed by atoms with Gasteiger partial charge in [0, 0.05) is 23.4 Å². The van der Waals surface area contributed by atoms with Gasteiger partial charge in [-0.05, 0) is 112 Å². The Kier molecular flexibility index (Phi) is 12.1. The van der Waals surface area contributed by atoms with Gasteiger partial charge in [0.25, 0.3) is 5.56 Å². The molecule has 282 valence electrons. The van der Waals surface area contributed by atoms with Crippen molar-refractivity contribution >= 4 is 11.9 Å². The summed E-state index contributed by atoms with van der Waals surface area (Å²) in [6.45, 7) is 2.01. The first-order chi connectivity index (χ1) is 24.6. The molecule has 1 amide bonds. The van der Waals surface area contributed by atoms with Gasteiger partial charge in [-0.3, -0.25) is 14.4 Å². The summed E-state index contributed by atoms with van der Waals surface area (Å²) in [6.07, 6.45) is -1.27. The molecule has 2 aromatic carbocycles. The zero-order valence-electron chi connectivity index (χ0n) is 29.3. The van der Waals surface area contributed by atoms with Crippen LogP contribution in [0, 0.1) is 24.4 Å². The fourth-order valence-electron chi connectivity index (χ4n) is 6.91. The number of nitrogens with one attached hydrogen (secondary N) is 1. The Morgan fingerprint density at radius 3 is 2.33 bits per heavy atom. The van der Waals surface area contributed by atoms with Crippen LogP contribution in [0.1, 0.15) is 104 Å². The minimum atomic E-state index is -4.82. The highest BCUT2D eigenvalue weighted by Crippen LogP contribution is 2.46. The number of carboxylic acid groups (broad SMARTS) is 1.